The standard InChI is InChI=1S/C12H21NO2S/c1-3-11-4-5-12(15-11)8-13-10(6-7-14)9-16-2/h4-5,10,13-14H,3,6-9H2,1-2H3. The molecule has 0 bridgehead atoms. The zero-order valence-electron chi connectivity index (χ0n) is 10.0. The van der Waals surface area contributed by atoms with Crippen LogP contribution in [0.15, 0.2) is 16.5 Å². The van der Waals surface area contributed by atoms with Crippen LogP contribution < -0.4 is 5.32 Å². The number of hydrogen-bond donors (Lipinski definition) is 2. The molecule has 2 N–H and O–H groups in total. The molecule has 1 atom stereocenters. The minimum atomic E-state index is 0.233. The first kappa shape index (κ1) is 13.6. The molecule has 0 aromatic carbocycles. The smallest absolute Gasteiger partial charge is 0.117 e. The number of aryl methyl sites for hydroxylation is 1. The fraction of sp³-hybridized carbons (Fsp3) is 0.667. The van der Waals surface area contributed by atoms with Gasteiger partial charge in [-0.2, -0.15) is 11.8 Å². The van der Waals surface area contributed by atoms with Gasteiger partial charge in [0, 0.05) is 24.8 Å². The average Bonchev–Trinajstić information content (AvgIpc) is 2.74. The average molecular weight is 243 g/mol. The van der Waals surface area contributed by atoms with Gasteiger partial charge in [-0.05, 0) is 24.8 Å². The van der Waals surface area contributed by atoms with E-state index in [2.05, 4.69) is 18.5 Å². The number of furan rings is 1. The van der Waals surface area contributed by atoms with Crippen LogP contribution in [-0.2, 0) is 13.0 Å². The van der Waals surface area contributed by atoms with Gasteiger partial charge in [-0.1, -0.05) is 6.92 Å². The third-order valence-electron chi connectivity index (χ3n) is 2.48. The summed E-state index contributed by atoms with van der Waals surface area (Å²) in [6.07, 6.45) is 3.81. The predicted molar refractivity (Wildman–Crippen MR) is 68.8 cm³/mol. The minimum absolute atomic E-state index is 0.233. The zero-order chi connectivity index (χ0) is 11.8. The van der Waals surface area contributed by atoms with Crippen molar-refractivity contribution in [1.82, 2.24) is 5.32 Å². The number of rotatable bonds is 8. The van der Waals surface area contributed by atoms with Crippen molar-refractivity contribution < 1.29 is 9.52 Å². The summed E-state index contributed by atoms with van der Waals surface area (Å²) in [6, 6.07) is 4.39. The second-order valence-electron chi connectivity index (χ2n) is 3.77. The van der Waals surface area contributed by atoms with E-state index in [9.17, 15) is 0 Å². The van der Waals surface area contributed by atoms with Gasteiger partial charge in [0.1, 0.15) is 11.5 Å². The van der Waals surface area contributed by atoms with Gasteiger partial charge in [0.25, 0.3) is 0 Å². The van der Waals surface area contributed by atoms with E-state index in [4.69, 9.17) is 9.52 Å². The van der Waals surface area contributed by atoms with Gasteiger partial charge in [0.05, 0.1) is 6.54 Å². The molecule has 0 aliphatic heterocycles. The van der Waals surface area contributed by atoms with E-state index in [1.54, 1.807) is 11.8 Å². The Bertz CT molecular complexity index is 282. The molecule has 1 unspecified atom stereocenters. The highest BCUT2D eigenvalue weighted by Gasteiger charge is 2.08. The number of hydrogen-bond acceptors (Lipinski definition) is 4. The number of aliphatic hydroxyl groups excluding tert-OH is 1. The predicted octanol–water partition coefficient (Wildman–Crippen LogP) is 2.05. The molecule has 0 aliphatic carbocycles. The lowest BCUT2D eigenvalue weighted by molar-refractivity contribution is 0.268. The summed E-state index contributed by atoms with van der Waals surface area (Å²) in [7, 11) is 0. The van der Waals surface area contributed by atoms with Crippen molar-refractivity contribution in [2.75, 3.05) is 18.6 Å². The van der Waals surface area contributed by atoms with Crippen LogP contribution in [0.25, 0.3) is 0 Å². The maximum absolute atomic E-state index is 8.93. The zero-order valence-corrected chi connectivity index (χ0v) is 10.8. The molecule has 16 heavy (non-hydrogen) atoms. The van der Waals surface area contributed by atoms with Gasteiger partial charge in [-0.25, -0.2) is 0 Å². The second-order valence-corrected chi connectivity index (χ2v) is 4.68. The summed E-state index contributed by atoms with van der Waals surface area (Å²) in [5, 5.41) is 12.3. The van der Waals surface area contributed by atoms with E-state index in [0.717, 1.165) is 36.7 Å². The molecular weight excluding hydrogens is 222 g/mol. The molecule has 0 spiro atoms. The Balaban J connectivity index is 2.35. The SMILES string of the molecule is CCc1ccc(CNC(CCO)CSC)o1. The Morgan fingerprint density at radius 2 is 2.19 bits per heavy atom. The third kappa shape index (κ3) is 4.60. The van der Waals surface area contributed by atoms with Crippen LogP contribution >= 0.6 is 11.8 Å². The molecule has 1 aromatic rings. The normalized spacial score (nSPS) is 12.9. The van der Waals surface area contributed by atoms with E-state index in [0.29, 0.717) is 6.04 Å². The molecule has 0 saturated heterocycles. The molecule has 4 heteroatoms. The van der Waals surface area contributed by atoms with Crippen molar-refractivity contribution in [3.63, 3.8) is 0 Å². The molecule has 0 amide bonds. The van der Waals surface area contributed by atoms with Crippen LogP contribution in [0.4, 0.5) is 0 Å². The lowest BCUT2D eigenvalue weighted by Gasteiger charge is -2.15. The summed E-state index contributed by atoms with van der Waals surface area (Å²) in [5.41, 5.74) is 0. The van der Waals surface area contributed by atoms with Crippen LogP contribution in [0.2, 0.25) is 0 Å². The minimum Gasteiger partial charge on any atom is -0.465 e. The van der Waals surface area contributed by atoms with Crippen molar-refractivity contribution in [3.05, 3.63) is 23.7 Å². The summed E-state index contributed by atoms with van der Waals surface area (Å²) < 4.78 is 5.61. The van der Waals surface area contributed by atoms with Crippen molar-refractivity contribution in [2.45, 2.75) is 32.4 Å². The van der Waals surface area contributed by atoms with E-state index in [1.165, 1.54) is 0 Å². The summed E-state index contributed by atoms with van der Waals surface area (Å²) in [4.78, 5) is 0. The topological polar surface area (TPSA) is 45.4 Å². The van der Waals surface area contributed by atoms with Crippen LogP contribution in [0, 0.1) is 0 Å². The van der Waals surface area contributed by atoms with Crippen molar-refractivity contribution in [1.29, 1.82) is 0 Å². The number of thioether (sulfide) groups is 1. The molecule has 1 heterocycles. The highest BCUT2D eigenvalue weighted by atomic mass is 32.2. The molecular formula is C12H21NO2S. The molecule has 92 valence electrons. The molecule has 0 fully saturated rings. The van der Waals surface area contributed by atoms with Gasteiger partial charge in [-0.3, -0.25) is 0 Å². The Morgan fingerprint density at radius 3 is 2.75 bits per heavy atom. The Kier molecular flexibility index (Phi) is 6.61. The van der Waals surface area contributed by atoms with Crippen molar-refractivity contribution in [3.8, 4) is 0 Å². The maximum atomic E-state index is 8.93. The van der Waals surface area contributed by atoms with E-state index >= 15 is 0 Å². The van der Waals surface area contributed by atoms with Crippen LogP contribution in [-0.4, -0.2) is 29.8 Å². The van der Waals surface area contributed by atoms with Gasteiger partial charge < -0.3 is 14.8 Å². The number of aliphatic hydroxyl groups is 1. The van der Waals surface area contributed by atoms with Gasteiger partial charge >= 0.3 is 0 Å². The van der Waals surface area contributed by atoms with Crippen LogP contribution in [0.5, 0.6) is 0 Å². The Labute approximate surface area is 102 Å². The van der Waals surface area contributed by atoms with Crippen LogP contribution in [0.3, 0.4) is 0 Å². The van der Waals surface area contributed by atoms with E-state index in [-0.39, 0.29) is 6.61 Å². The van der Waals surface area contributed by atoms with Crippen molar-refractivity contribution >= 4 is 11.8 Å². The first-order chi connectivity index (χ1) is 7.80. The lowest BCUT2D eigenvalue weighted by Crippen LogP contribution is -2.31. The highest BCUT2D eigenvalue weighted by Crippen LogP contribution is 2.09. The van der Waals surface area contributed by atoms with Gasteiger partial charge in [-0.15, -0.1) is 0 Å². The molecule has 0 aliphatic rings. The Hall–Kier alpha value is -0.450. The van der Waals surface area contributed by atoms with E-state index < -0.39 is 0 Å². The first-order valence-corrected chi connectivity index (χ1v) is 7.10. The lowest BCUT2D eigenvalue weighted by atomic mass is 10.2. The quantitative estimate of drug-likeness (QED) is 0.733. The molecule has 3 nitrogen and oxygen atoms in total. The third-order valence-corrected chi connectivity index (χ3v) is 3.21. The highest BCUT2D eigenvalue weighted by molar-refractivity contribution is 7.98. The van der Waals surface area contributed by atoms with Crippen molar-refractivity contribution in [2.24, 2.45) is 0 Å². The fourth-order valence-electron chi connectivity index (χ4n) is 1.55. The summed E-state index contributed by atoms with van der Waals surface area (Å²) in [5.74, 6) is 3.02. The monoisotopic (exact) mass is 243 g/mol. The summed E-state index contributed by atoms with van der Waals surface area (Å²) in [6.45, 7) is 3.06. The second kappa shape index (κ2) is 7.76. The largest absolute Gasteiger partial charge is 0.465 e. The molecule has 1 rings (SSSR count). The maximum Gasteiger partial charge on any atom is 0.117 e. The summed E-state index contributed by atoms with van der Waals surface area (Å²) >= 11 is 1.79. The molecule has 0 radical (unpaired) electrons. The fourth-order valence-corrected chi connectivity index (χ4v) is 2.24. The van der Waals surface area contributed by atoms with Gasteiger partial charge in [0.15, 0.2) is 0 Å². The first-order valence-electron chi connectivity index (χ1n) is 5.71. The van der Waals surface area contributed by atoms with Crippen LogP contribution in [0.1, 0.15) is 24.9 Å². The van der Waals surface area contributed by atoms with Gasteiger partial charge in [0.2, 0.25) is 0 Å². The molecule has 1 aromatic heterocycles. The molecule has 0 saturated carbocycles. The number of nitrogens with one attached hydrogen (secondary N) is 1. The van der Waals surface area contributed by atoms with E-state index in [1.807, 2.05) is 12.1 Å². The Morgan fingerprint density at radius 1 is 1.44 bits per heavy atom.